The van der Waals surface area contributed by atoms with Gasteiger partial charge >= 0.3 is 0 Å². The zero-order chi connectivity index (χ0) is 23.2. The highest BCUT2D eigenvalue weighted by molar-refractivity contribution is 7.98. The van der Waals surface area contributed by atoms with Crippen LogP contribution in [0.3, 0.4) is 0 Å². The minimum Gasteiger partial charge on any atom is -0.489 e. The van der Waals surface area contributed by atoms with Gasteiger partial charge in [-0.05, 0) is 55.1 Å². The molecule has 2 aromatic heterocycles. The summed E-state index contributed by atoms with van der Waals surface area (Å²) in [6.07, 6.45) is 3.42. The first-order valence-electron chi connectivity index (χ1n) is 10.1. The fourth-order valence-electron chi connectivity index (χ4n) is 3.23. The van der Waals surface area contributed by atoms with Gasteiger partial charge < -0.3 is 14.5 Å². The summed E-state index contributed by atoms with van der Waals surface area (Å²) in [6, 6.07) is 20.0. The van der Waals surface area contributed by atoms with Crippen LogP contribution < -0.4 is 10.1 Å². The van der Waals surface area contributed by atoms with E-state index < -0.39 is 0 Å². The number of carbonyl (C=O) groups excluding carboxylic acids is 1. The number of hydrogen-bond donors (Lipinski definition) is 1. The molecule has 0 spiro atoms. The molecule has 33 heavy (non-hydrogen) atoms. The van der Waals surface area contributed by atoms with Crippen molar-refractivity contribution in [1.29, 1.82) is 5.26 Å². The molecule has 0 saturated carbocycles. The van der Waals surface area contributed by atoms with E-state index in [0.717, 1.165) is 5.56 Å². The van der Waals surface area contributed by atoms with Crippen molar-refractivity contribution in [1.82, 2.24) is 9.97 Å². The normalized spacial score (nSPS) is 10.5. The standard InChI is InChI=1S/C25H20N4O3S/c1-16-22(25(33-2)29-23(27-16)21-10-5-11-31-21)24(30)28-19-8-4-9-20(13-19)32-15-18-7-3-6-17(12-18)14-26/h3-13H,15H2,1-2H3,(H,28,30). The molecule has 2 aromatic carbocycles. The minimum atomic E-state index is -0.304. The molecular formula is C25H20N4O3S. The van der Waals surface area contributed by atoms with Gasteiger partial charge in [0.1, 0.15) is 17.4 Å². The minimum absolute atomic E-state index is 0.304. The van der Waals surface area contributed by atoms with E-state index in [1.165, 1.54) is 11.8 Å². The average Bonchev–Trinajstić information content (AvgIpc) is 3.37. The van der Waals surface area contributed by atoms with Gasteiger partial charge in [-0.15, -0.1) is 11.8 Å². The second-order valence-corrected chi connectivity index (χ2v) is 7.87. The number of nitrogens with zero attached hydrogens (tertiary/aromatic N) is 3. The third-order valence-corrected chi connectivity index (χ3v) is 5.45. The summed E-state index contributed by atoms with van der Waals surface area (Å²) in [5, 5.41) is 12.5. The summed E-state index contributed by atoms with van der Waals surface area (Å²) in [5.41, 5.74) is 3.03. The van der Waals surface area contributed by atoms with Gasteiger partial charge in [-0.1, -0.05) is 18.2 Å². The number of furan rings is 1. The fourth-order valence-corrected chi connectivity index (χ4v) is 3.85. The van der Waals surface area contributed by atoms with E-state index in [4.69, 9.17) is 14.4 Å². The van der Waals surface area contributed by atoms with Crippen LogP contribution >= 0.6 is 11.8 Å². The SMILES string of the molecule is CSc1nc(-c2ccco2)nc(C)c1C(=O)Nc1cccc(OCc2cccc(C#N)c2)c1. The molecule has 0 unspecified atom stereocenters. The Balaban J connectivity index is 1.50. The Bertz CT molecular complexity index is 1330. The molecule has 164 valence electrons. The van der Waals surface area contributed by atoms with Gasteiger partial charge in [-0.25, -0.2) is 9.97 Å². The Hall–Kier alpha value is -4.09. The highest BCUT2D eigenvalue weighted by Crippen LogP contribution is 2.26. The Morgan fingerprint density at radius 2 is 2.00 bits per heavy atom. The molecular weight excluding hydrogens is 436 g/mol. The van der Waals surface area contributed by atoms with Crippen molar-refractivity contribution >= 4 is 23.4 Å². The lowest BCUT2D eigenvalue weighted by Gasteiger charge is -2.13. The number of ether oxygens (including phenoxy) is 1. The largest absolute Gasteiger partial charge is 0.489 e. The lowest BCUT2D eigenvalue weighted by Crippen LogP contribution is -2.17. The van der Waals surface area contributed by atoms with Crippen molar-refractivity contribution in [2.75, 3.05) is 11.6 Å². The number of aryl methyl sites for hydroxylation is 1. The van der Waals surface area contributed by atoms with Gasteiger partial charge in [0, 0.05) is 11.8 Å². The van der Waals surface area contributed by atoms with Crippen LogP contribution in [0.15, 0.2) is 76.4 Å². The quantitative estimate of drug-likeness (QED) is 0.291. The van der Waals surface area contributed by atoms with Crippen molar-refractivity contribution in [3.63, 3.8) is 0 Å². The second kappa shape index (κ2) is 10.0. The first-order chi connectivity index (χ1) is 16.1. The third-order valence-electron chi connectivity index (χ3n) is 4.77. The topological polar surface area (TPSA) is 101 Å². The summed E-state index contributed by atoms with van der Waals surface area (Å²) in [5.74, 6) is 1.28. The van der Waals surface area contributed by atoms with Gasteiger partial charge in [-0.3, -0.25) is 4.79 Å². The Morgan fingerprint density at radius 1 is 1.15 bits per heavy atom. The maximum Gasteiger partial charge on any atom is 0.260 e. The van der Waals surface area contributed by atoms with E-state index in [2.05, 4.69) is 21.4 Å². The maximum atomic E-state index is 13.1. The molecule has 0 aliphatic carbocycles. The molecule has 0 fully saturated rings. The number of nitriles is 1. The van der Waals surface area contributed by atoms with Gasteiger partial charge in [0.2, 0.25) is 0 Å². The van der Waals surface area contributed by atoms with E-state index in [-0.39, 0.29) is 5.91 Å². The van der Waals surface area contributed by atoms with E-state index in [9.17, 15) is 4.79 Å². The summed E-state index contributed by atoms with van der Waals surface area (Å²) >= 11 is 1.37. The summed E-state index contributed by atoms with van der Waals surface area (Å²) in [6.45, 7) is 2.09. The number of anilines is 1. The second-order valence-electron chi connectivity index (χ2n) is 7.08. The Labute approximate surface area is 195 Å². The molecule has 7 nitrogen and oxygen atoms in total. The van der Waals surface area contributed by atoms with Crippen LogP contribution in [0, 0.1) is 18.3 Å². The lowest BCUT2D eigenvalue weighted by molar-refractivity contribution is 0.102. The monoisotopic (exact) mass is 456 g/mol. The van der Waals surface area contributed by atoms with Crippen molar-refractivity contribution in [3.05, 3.63) is 89.3 Å². The molecule has 8 heteroatoms. The molecule has 0 aliphatic rings. The first kappa shape index (κ1) is 22.1. The number of nitrogens with one attached hydrogen (secondary N) is 1. The number of amides is 1. The summed E-state index contributed by atoms with van der Waals surface area (Å²) < 4.78 is 11.2. The maximum absolute atomic E-state index is 13.1. The molecule has 0 atom stereocenters. The Morgan fingerprint density at radius 3 is 2.76 bits per heavy atom. The molecule has 4 rings (SSSR count). The lowest BCUT2D eigenvalue weighted by atomic mass is 10.1. The number of carbonyl (C=O) groups is 1. The molecule has 4 aromatic rings. The molecule has 1 amide bonds. The van der Waals surface area contributed by atoms with Crippen LogP contribution in [0.5, 0.6) is 5.75 Å². The third kappa shape index (κ3) is 5.22. The molecule has 0 radical (unpaired) electrons. The van der Waals surface area contributed by atoms with Gasteiger partial charge in [0.15, 0.2) is 11.6 Å². The van der Waals surface area contributed by atoms with E-state index in [1.807, 2.05) is 24.5 Å². The van der Waals surface area contributed by atoms with Crippen LogP contribution in [0.1, 0.15) is 27.2 Å². The number of benzene rings is 2. The molecule has 1 N–H and O–H groups in total. The Kier molecular flexibility index (Phi) is 6.72. The van der Waals surface area contributed by atoms with Crippen LogP contribution in [-0.2, 0) is 6.61 Å². The van der Waals surface area contributed by atoms with Crippen LogP contribution in [0.2, 0.25) is 0 Å². The van der Waals surface area contributed by atoms with Gasteiger partial charge in [-0.2, -0.15) is 5.26 Å². The number of aromatic nitrogens is 2. The van der Waals surface area contributed by atoms with Gasteiger partial charge in [0.25, 0.3) is 5.91 Å². The van der Waals surface area contributed by atoms with Crippen LogP contribution in [-0.4, -0.2) is 22.1 Å². The molecule has 2 heterocycles. The van der Waals surface area contributed by atoms with Crippen molar-refractivity contribution in [3.8, 4) is 23.4 Å². The average molecular weight is 457 g/mol. The highest BCUT2D eigenvalue weighted by Gasteiger charge is 2.20. The molecule has 0 saturated heterocycles. The molecule has 0 bridgehead atoms. The smallest absolute Gasteiger partial charge is 0.260 e. The van der Waals surface area contributed by atoms with Crippen LogP contribution in [0.4, 0.5) is 5.69 Å². The van der Waals surface area contributed by atoms with E-state index in [0.29, 0.717) is 51.5 Å². The van der Waals surface area contributed by atoms with E-state index in [1.54, 1.807) is 55.7 Å². The predicted octanol–water partition coefficient (Wildman–Crippen LogP) is 5.47. The highest BCUT2D eigenvalue weighted by atomic mass is 32.2. The first-order valence-corrected chi connectivity index (χ1v) is 11.3. The number of rotatable bonds is 7. The van der Waals surface area contributed by atoms with Crippen molar-refractivity contribution in [2.24, 2.45) is 0 Å². The fraction of sp³-hybridized carbons (Fsp3) is 0.120. The predicted molar refractivity (Wildman–Crippen MR) is 126 cm³/mol. The number of thioether (sulfide) groups is 1. The zero-order valence-electron chi connectivity index (χ0n) is 18.0. The van der Waals surface area contributed by atoms with Crippen molar-refractivity contribution < 1.29 is 13.9 Å². The summed E-state index contributed by atoms with van der Waals surface area (Å²) in [7, 11) is 0. The zero-order valence-corrected chi connectivity index (χ0v) is 18.8. The van der Waals surface area contributed by atoms with E-state index >= 15 is 0 Å². The van der Waals surface area contributed by atoms with Crippen LogP contribution in [0.25, 0.3) is 11.6 Å². The number of hydrogen-bond acceptors (Lipinski definition) is 7. The van der Waals surface area contributed by atoms with Crippen molar-refractivity contribution in [2.45, 2.75) is 18.6 Å². The molecule has 0 aliphatic heterocycles. The summed E-state index contributed by atoms with van der Waals surface area (Å²) in [4.78, 5) is 22.0. The van der Waals surface area contributed by atoms with Gasteiger partial charge in [0.05, 0.1) is 29.2 Å².